The zero-order chi connectivity index (χ0) is 24.4. The van der Waals surface area contributed by atoms with E-state index in [0.717, 1.165) is 18.4 Å². The number of fused-ring (bicyclic) bond motifs is 1. The van der Waals surface area contributed by atoms with Crippen molar-refractivity contribution in [3.8, 4) is 0 Å². The minimum Gasteiger partial charge on any atom is -0.478 e. The third kappa shape index (κ3) is 5.25. The Labute approximate surface area is 194 Å². The number of para-hydroxylation sites is 1. The van der Waals surface area contributed by atoms with Crippen LogP contribution < -0.4 is 5.32 Å². The summed E-state index contributed by atoms with van der Waals surface area (Å²) in [4.78, 5) is 29.9. The van der Waals surface area contributed by atoms with Gasteiger partial charge in [0, 0.05) is 12.0 Å². The van der Waals surface area contributed by atoms with Crippen LogP contribution in [-0.2, 0) is 20.5 Å². The molecule has 0 bridgehead atoms. The molecule has 1 amide bonds. The van der Waals surface area contributed by atoms with Crippen molar-refractivity contribution in [3.63, 3.8) is 0 Å². The lowest BCUT2D eigenvalue weighted by atomic mass is 9.63. The second kappa shape index (κ2) is 9.35. The van der Waals surface area contributed by atoms with Gasteiger partial charge in [0.1, 0.15) is 0 Å². The van der Waals surface area contributed by atoms with Crippen LogP contribution in [0.4, 0.5) is 5.69 Å². The van der Waals surface area contributed by atoms with Crippen molar-refractivity contribution >= 4 is 23.3 Å². The number of hydrogen-bond donors (Lipinski definition) is 3. The third-order valence-electron chi connectivity index (χ3n) is 6.36. The number of amides is 1. The van der Waals surface area contributed by atoms with E-state index in [1.807, 2.05) is 18.2 Å². The monoisotopic (exact) mass is 452 g/mol. The van der Waals surface area contributed by atoms with Crippen molar-refractivity contribution in [2.45, 2.75) is 71.0 Å². The summed E-state index contributed by atoms with van der Waals surface area (Å²) in [6, 6.07) is 12.0. The molecule has 1 aliphatic carbocycles. The average Bonchev–Trinajstić information content (AvgIpc) is 2.77. The van der Waals surface area contributed by atoms with E-state index in [1.54, 1.807) is 19.1 Å². The molecule has 33 heavy (non-hydrogen) atoms. The summed E-state index contributed by atoms with van der Waals surface area (Å²) in [5.41, 5.74) is 2.91. The number of benzene rings is 2. The Morgan fingerprint density at radius 1 is 1.06 bits per heavy atom. The van der Waals surface area contributed by atoms with Crippen LogP contribution in [0.5, 0.6) is 0 Å². The van der Waals surface area contributed by atoms with E-state index in [-0.39, 0.29) is 27.8 Å². The number of anilines is 1. The molecule has 1 aliphatic rings. The van der Waals surface area contributed by atoms with Gasteiger partial charge in [0.05, 0.1) is 11.3 Å². The first kappa shape index (κ1) is 24.5. The number of hydrogen-bond acceptors (Lipinski definition) is 5. The Morgan fingerprint density at radius 2 is 1.70 bits per heavy atom. The molecule has 0 aromatic heterocycles. The predicted molar refractivity (Wildman–Crippen MR) is 128 cm³/mol. The van der Waals surface area contributed by atoms with Crippen molar-refractivity contribution in [3.05, 3.63) is 64.7 Å². The number of aliphatic hydroxyl groups is 1. The van der Waals surface area contributed by atoms with Crippen LogP contribution in [0, 0.1) is 0 Å². The molecule has 0 aliphatic heterocycles. The van der Waals surface area contributed by atoms with Gasteiger partial charge >= 0.3 is 5.97 Å². The van der Waals surface area contributed by atoms with Crippen LogP contribution in [0.25, 0.3) is 0 Å². The van der Waals surface area contributed by atoms with Gasteiger partial charge in [0.2, 0.25) is 6.29 Å². The Bertz CT molecular complexity index is 1090. The molecular weight excluding hydrogens is 420 g/mol. The van der Waals surface area contributed by atoms with Crippen molar-refractivity contribution < 1.29 is 24.6 Å². The van der Waals surface area contributed by atoms with Crippen molar-refractivity contribution in [1.82, 2.24) is 0 Å². The highest BCUT2D eigenvalue weighted by Gasteiger charge is 2.37. The number of aromatic carboxylic acids is 1. The zero-order valence-electron chi connectivity index (χ0n) is 19.8. The van der Waals surface area contributed by atoms with Gasteiger partial charge in [-0.1, -0.05) is 64.0 Å². The quantitative estimate of drug-likeness (QED) is 0.317. The summed E-state index contributed by atoms with van der Waals surface area (Å²) < 4.78 is 0. The fourth-order valence-electron chi connectivity index (χ4n) is 4.11. The maximum Gasteiger partial charge on any atom is 0.337 e. The van der Waals surface area contributed by atoms with Crippen LogP contribution in [0.3, 0.4) is 0 Å². The lowest BCUT2D eigenvalue weighted by molar-refractivity contribution is -0.112. The topological polar surface area (TPSA) is 108 Å². The fourth-order valence-corrected chi connectivity index (χ4v) is 4.11. The lowest BCUT2D eigenvalue weighted by Gasteiger charge is -2.42. The minimum atomic E-state index is -1.16. The summed E-state index contributed by atoms with van der Waals surface area (Å²) in [7, 11) is 0. The normalized spacial score (nSPS) is 17.6. The third-order valence-corrected chi connectivity index (χ3v) is 6.36. The smallest absolute Gasteiger partial charge is 0.337 e. The molecule has 2 aromatic rings. The molecule has 0 fully saturated rings. The van der Waals surface area contributed by atoms with E-state index in [4.69, 9.17) is 4.84 Å². The number of carbonyl (C=O) groups is 2. The Kier molecular flexibility index (Phi) is 6.93. The molecule has 0 spiro atoms. The first-order valence-electron chi connectivity index (χ1n) is 11.2. The van der Waals surface area contributed by atoms with Gasteiger partial charge in [0.15, 0.2) is 5.71 Å². The molecule has 0 saturated carbocycles. The van der Waals surface area contributed by atoms with Crippen LogP contribution in [-0.4, -0.2) is 34.1 Å². The number of oxime groups is 1. The van der Waals surface area contributed by atoms with Gasteiger partial charge in [-0.05, 0) is 53.0 Å². The van der Waals surface area contributed by atoms with Crippen LogP contribution in [0.1, 0.15) is 80.9 Å². The van der Waals surface area contributed by atoms with E-state index >= 15 is 0 Å². The van der Waals surface area contributed by atoms with E-state index in [1.165, 1.54) is 17.7 Å². The second-order valence-corrected chi connectivity index (χ2v) is 9.74. The number of nitrogens with zero attached hydrogens (tertiary/aromatic N) is 1. The Hall–Kier alpha value is -3.19. The van der Waals surface area contributed by atoms with Gasteiger partial charge in [0.25, 0.3) is 5.91 Å². The number of carbonyl (C=O) groups excluding carboxylic acids is 1. The molecule has 3 N–H and O–H groups in total. The number of rotatable bonds is 7. The Balaban J connectivity index is 2.06. The predicted octanol–water partition coefficient (Wildman–Crippen LogP) is 4.82. The number of nitrogens with one attached hydrogen (secondary N) is 1. The molecule has 0 radical (unpaired) electrons. The molecule has 3 rings (SSSR count). The van der Waals surface area contributed by atoms with Gasteiger partial charge in [-0.25, -0.2) is 4.79 Å². The average molecular weight is 453 g/mol. The molecule has 1 atom stereocenters. The molecule has 7 heteroatoms. The summed E-state index contributed by atoms with van der Waals surface area (Å²) in [6.07, 6.45) is 1.20. The fraction of sp³-hybridized carbons (Fsp3) is 0.423. The van der Waals surface area contributed by atoms with Gasteiger partial charge < -0.3 is 20.4 Å². The summed E-state index contributed by atoms with van der Waals surface area (Å²) in [6.45, 7) is 10.5. The van der Waals surface area contributed by atoms with E-state index in [0.29, 0.717) is 12.0 Å². The lowest BCUT2D eigenvalue weighted by Crippen LogP contribution is -2.34. The van der Waals surface area contributed by atoms with Gasteiger partial charge in [-0.15, -0.1) is 0 Å². The maximum atomic E-state index is 13.2. The van der Waals surface area contributed by atoms with Crippen molar-refractivity contribution in [1.29, 1.82) is 0 Å². The number of carboxylic acid groups (broad SMARTS) is 1. The summed E-state index contributed by atoms with van der Waals surface area (Å²) >= 11 is 0. The molecule has 2 aromatic carbocycles. The highest BCUT2D eigenvalue weighted by molar-refractivity contribution is 6.49. The van der Waals surface area contributed by atoms with E-state index < -0.39 is 18.2 Å². The SMILES string of the molecule is CCC(O)O/N=C(/C(=O)Nc1ccccc1C(=O)O)c1ccc2c(c1)C(C)(C)CCC2(C)C. The molecule has 176 valence electrons. The van der Waals surface area contributed by atoms with Crippen LogP contribution in [0.15, 0.2) is 47.6 Å². The van der Waals surface area contributed by atoms with Gasteiger partial charge in [-0.3, -0.25) is 4.79 Å². The molecular formula is C26H32N2O5. The van der Waals surface area contributed by atoms with E-state index in [2.05, 4.69) is 38.2 Å². The number of aliphatic hydroxyl groups excluding tert-OH is 1. The van der Waals surface area contributed by atoms with Gasteiger partial charge in [-0.2, -0.15) is 0 Å². The van der Waals surface area contributed by atoms with Crippen molar-refractivity contribution in [2.24, 2.45) is 5.16 Å². The summed E-state index contributed by atoms with van der Waals surface area (Å²) in [5.74, 6) is -1.78. The molecule has 7 nitrogen and oxygen atoms in total. The zero-order valence-corrected chi connectivity index (χ0v) is 19.8. The van der Waals surface area contributed by atoms with Crippen LogP contribution >= 0.6 is 0 Å². The maximum absolute atomic E-state index is 13.2. The minimum absolute atomic E-state index is 0.0122. The van der Waals surface area contributed by atoms with Crippen LogP contribution in [0.2, 0.25) is 0 Å². The first-order chi connectivity index (χ1) is 15.5. The standard InChI is InChI=1S/C26H32N2O5/c1-6-21(29)33-28-22(23(30)27-20-10-8-7-9-17(20)24(31)32)16-11-12-18-19(15-16)26(4,5)14-13-25(18,2)3/h7-12,15,21,29H,6,13-14H2,1-5H3,(H,27,30)(H,31,32)/b28-22+. The molecule has 0 saturated heterocycles. The first-order valence-corrected chi connectivity index (χ1v) is 11.2. The molecule has 0 heterocycles. The molecule has 1 unspecified atom stereocenters. The van der Waals surface area contributed by atoms with E-state index in [9.17, 15) is 19.8 Å². The highest BCUT2D eigenvalue weighted by atomic mass is 16.7. The number of carboxylic acids is 1. The largest absolute Gasteiger partial charge is 0.478 e. The highest BCUT2D eigenvalue weighted by Crippen LogP contribution is 2.46. The second-order valence-electron chi connectivity index (χ2n) is 9.74. The Morgan fingerprint density at radius 3 is 2.33 bits per heavy atom. The van der Waals surface area contributed by atoms with Crippen molar-refractivity contribution in [2.75, 3.05) is 5.32 Å². The summed E-state index contributed by atoms with van der Waals surface area (Å²) in [5, 5.41) is 25.9.